The lowest BCUT2D eigenvalue weighted by molar-refractivity contribution is 0.409. The van der Waals surface area contributed by atoms with Crippen molar-refractivity contribution in [3.63, 3.8) is 0 Å². The molecule has 0 atom stereocenters. The number of nitriles is 1. The Balaban J connectivity index is 1.96. The number of benzene rings is 2. The summed E-state index contributed by atoms with van der Waals surface area (Å²) in [6.45, 7) is 0. The Bertz CT molecular complexity index is 657. The van der Waals surface area contributed by atoms with Crippen molar-refractivity contribution in [2.24, 2.45) is 5.41 Å². The Labute approximate surface area is 122 Å². The molecule has 1 aliphatic carbocycles. The zero-order valence-corrected chi connectivity index (χ0v) is 11.6. The van der Waals surface area contributed by atoms with Crippen LogP contribution >= 0.6 is 11.6 Å². The summed E-state index contributed by atoms with van der Waals surface area (Å²) in [6.07, 6.45) is 1.67. The second kappa shape index (κ2) is 4.92. The van der Waals surface area contributed by atoms with Gasteiger partial charge in [0.2, 0.25) is 0 Å². The van der Waals surface area contributed by atoms with Crippen LogP contribution in [0.4, 0.5) is 4.39 Å². The number of hydrogen-bond acceptors (Lipinski definition) is 1. The minimum Gasteiger partial charge on any atom is -0.207 e. The monoisotopic (exact) mass is 285 g/mol. The fraction of sp³-hybridized carbons (Fsp3) is 0.235. The number of hydrogen-bond donors (Lipinski definition) is 0. The van der Waals surface area contributed by atoms with Crippen molar-refractivity contribution in [2.45, 2.75) is 19.3 Å². The summed E-state index contributed by atoms with van der Waals surface area (Å²) < 4.78 is 13.9. The van der Waals surface area contributed by atoms with E-state index >= 15 is 0 Å². The Morgan fingerprint density at radius 3 is 2.30 bits per heavy atom. The summed E-state index contributed by atoms with van der Waals surface area (Å²) >= 11 is 6.09. The maximum absolute atomic E-state index is 13.9. The Morgan fingerprint density at radius 1 is 1.10 bits per heavy atom. The van der Waals surface area contributed by atoms with Gasteiger partial charge in [-0.15, -0.1) is 0 Å². The summed E-state index contributed by atoms with van der Waals surface area (Å²) in [5.74, 6) is -0.330. The van der Waals surface area contributed by atoms with E-state index in [1.54, 1.807) is 12.1 Å². The van der Waals surface area contributed by atoms with E-state index in [2.05, 4.69) is 6.07 Å². The molecule has 2 aromatic rings. The molecule has 0 amide bonds. The van der Waals surface area contributed by atoms with Crippen molar-refractivity contribution in [1.82, 2.24) is 0 Å². The average molecular weight is 286 g/mol. The van der Waals surface area contributed by atoms with E-state index < -0.39 is 5.41 Å². The largest absolute Gasteiger partial charge is 0.207 e. The molecule has 0 aromatic heterocycles. The van der Waals surface area contributed by atoms with Gasteiger partial charge in [-0.3, -0.25) is 0 Å². The van der Waals surface area contributed by atoms with E-state index in [0.29, 0.717) is 29.8 Å². The normalized spacial score (nSPS) is 15.7. The fourth-order valence-corrected chi connectivity index (χ4v) is 3.21. The van der Waals surface area contributed by atoms with E-state index in [0.717, 1.165) is 0 Å². The van der Waals surface area contributed by atoms with Gasteiger partial charge in [0.05, 0.1) is 11.5 Å². The molecule has 0 radical (unpaired) electrons. The molecule has 3 rings (SSSR count). The molecule has 20 heavy (non-hydrogen) atoms. The highest BCUT2D eigenvalue weighted by Crippen LogP contribution is 2.40. The molecule has 100 valence electrons. The smallest absolute Gasteiger partial charge is 0.127 e. The van der Waals surface area contributed by atoms with Gasteiger partial charge in [-0.25, -0.2) is 4.39 Å². The van der Waals surface area contributed by atoms with Gasteiger partial charge >= 0.3 is 0 Å². The molecule has 2 aromatic carbocycles. The van der Waals surface area contributed by atoms with Crippen LogP contribution in [0.5, 0.6) is 0 Å². The third kappa shape index (κ3) is 2.19. The van der Waals surface area contributed by atoms with E-state index in [1.165, 1.54) is 17.2 Å². The van der Waals surface area contributed by atoms with Crippen LogP contribution in [-0.2, 0) is 19.3 Å². The van der Waals surface area contributed by atoms with Crippen molar-refractivity contribution in [3.8, 4) is 6.07 Å². The SMILES string of the molecule is N#CC1(Cc2c(F)cccc2Cl)Cc2ccccc2C1. The summed E-state index contributed by atoms with van der Waals surface area (Å²) in [5, 5.41) is 10.0. The van der Waals surface area contributed by atoms with Crippen molar-refractivity contribution >= 4 is 11.6 Å². The average Bonchev–Trinajstić information content (AvgIpc) is 2.82. The van der Waals surface area contributed by atoms with Crippen LogP contribution in [0, 0.1) is 22.6 Å². The summed E-state index contributed by atoms with van der Waals surface area (Å²) in [5.41, 5.74) is 2.22. The molecule has 0 aliphatic heterocycles. The van der Waals surface area contributed by atoms with Gasteiger partial charge in [-0.2, -0.15) is 5.26 Å². The second-order valence-electron chi connectivity index (χ2n) is 5.39. The van der Waals surface area contributed by atoms with E-state index in [1.807, 2.05) is 24.3 Å². The lowest BCUT2D eigenvalue weighted by Gasteiger charge is -2.21. The maximum Gasteiger partial charge on any atom is 0.127 e. The number of fused-ring (bicyclic) bond motifs is 1. The fourth-order valence-electron chi connectivity index (χ4n) is 2.98. The van der Waals surface area contributed by atoms with Gasteiger partial charge in [-0.05, 0) is 42.5 Å². The highest BCUT2D eigenvalue weighted by Gasteiger charge is 2.38. The summed E-state index contributed by atoms with van der Waals surface area (Å²) in [6, 6.07) is 15.1. The van der Waals surface area contributed by atoms with Crippen molar-refractivity contribution in [1.29, 1.82) is 5.26 Å². The first-order valence-electron chi connectivity index (χ1n) is 6.54. The van der Waals surface area contributed by atoms with Crippen LogP contribution in [0.3, 0.4) is 0 Å². The molecular formula is C17H13ClFN. The highest BCUT2D eigenvalue weighted by molar-refractivity contribution is 6.31. The molecule has 3 heteroatoms. The number of rotatable bonds is 2. The van der Waals surface area contributed by atoms with Crippen LogP contribution in [0.2, 0.25) is 5.02 Å². The molecule has 0 N–H and O–H groups in total. The topological polar surface area (TPSA) is 23.8 Å². The first kappa shape index (κ1) is 13.1. The first-order chi connectivity index (χ1) is 9.63. The second-order valence-corrected chi connectivity index (χ2v) is 5.80. The highest BCUT2D eigenvalue weighted by atomic mass is 35.5. The third-order valence-electron chi connectivity index (χ3n) is 3.99. The van der Waals surface area contributed by atoms with Crippen molar-refractivity contribution < 1.29 is 4.39 Å². The zero-order chi connectivity index (χ0) is 14.2. The minimum atomic E-state index is -0.588. The van der Waals surface area contributed by atoms with E-state index in [-0.39, 0.29) is 5.82 Å². The minimum absolute atomic E-state index is 0.330. The van der Waals surface area contributed by atoms with Gasteiger partial charge in [-0.1, -0.05) is 41.9 Å². The lowest BCUT2D eigenvalue weighted by Crippen LogP contribution is -2.23. The zero-order valence-electron chi connectivity index (χ0n) is 10.9. The van der Waals surface area contributed by atoms with Crippen LogP contribution < -0.4 is 0 Å². The summed E-state index contributed by atoms with van der Waals surface area (Å²) in [4.78, 5) is 0. The van der Waals surface area contributed by atoms with Crippen molar-refractivity contribution in [3.05, 3.63) is 70.0 Å². The first-order valence-corrected chi connectivity index (χ1v) is 6.92. The van der Waals surface area contributed by atoms with Gasteiger partial charge < -0.3 is 0 Å². The number of halogens is 2. The molecule has 0 unspecified atom stereocenters. The lowest BCUT2D eigenvalue weighted by atomic mass is 9.80. The summed E-state index contributed by atoms with van der Waals surface area (Å²) in [7, 11) is 0. The van der Waals surface area contributed by atoms with E-state index in [9.17, 15) is 9.65 Å². The molecular weight excluding hydrogens is 273 g/mol. The van der Waals surface area contributed by atoms with Gasteiger partial charge in [0, 0.05) is 10.6 Å². The van der Waals surface area contributed by atoms with Crippen LogP contribution in [0.25, 0.3) is 0 Å². The van der Waals surface area contributed by atoms with Gasteiger partial charge in [0.15, 0.2) is 0 Å². The Kier molecular flexibility index (Phi) is 3.23. The van der Waals surface area contributed by atoms with Crippen molar-refractivity contribution in [2.75, 3.05) is 0 Å². The number of nitrogens with zero attached hydrogens (tertiary/aromatic N) is 1. The molecule has 1 nitrogen and oxygen atoms in total. The Morgan fingerprint density at radius 2 is 1.75 bits per heavy atom. The standard InChI is InChI=1S/C17H13ClFN/c18-15-6-3-7-16(19)14(15)10-17(11-20)8-12-4-1-2-5-13(12)9-17/h1-7H,8-10H2. The van der Waals surface area contributed by atoms with E-state index in [4.69, 9.17) is 11.6 Å². The Hall–Kier alpha value is -1.85. The molecule has 0 heterocycles. The maximum atomic E-state index is 13.9. The predicted octanol–water partition coefficient (Wildman–Crippen LogP) is 4.33. The molecule has 0 saturated heterocycles. The van der Waals surface area contributed by atoms with Crippen LogP contribution in [-0.4, -0.2) is 0 Å². The third-order valence-corrected chi connectivity index (χ3v) is 4.34. The molecule has 1 aliphatic rings. The van der Waals surface area contributed by atoms with Gasteiger partial charge in [0.25, 0.3) is 0 Å². The molecule has 0 fully saturated rings. The molecule has 0 bridgehead atoms. The predicted molar refractivity (Wildman–Crippen MR) is 77.0 cm³/mol. The van der Waals surface area contributed by atoms with Crippen LogP contribution in [0.15, 0.2) is 42.5 Å². The van der Waals surface area contributed by atoms with Gasteiger partial charge in [0.1, 0.15) is 5.82 Å². The molecule has 0 spiro atoms. The quantitative estimate of drug-likeness (QED) is 0.806. The molecule has 0 saturated carbocycles. The van der Waals surface area contributed by atoms with Crippen LogP contribution in [0.1, 0.15) is 16.7 Å².